The van der Waals surface area contributed by atoms with E-state index < -0.39 is 10.0 Å². The van der Waals surface area contributed by atoms with E-state index in [1.807, 2.05) is 25.7 Å². The molecule has 0 aromatic heterocycles. The number of fused-ring (bicyclic) bond motifs is 1. The summed E-state index contributed by atoms with van der Waals surface area (Å²) < 4.78 is 39.0. The topological polar surface area (TPSA) is 88.2 Å². The Morgan fingerprint density at radius 3 is 2.48 bits per heavy atom. The van der Waals surface area contributed by atoms with E-state index >= 15 is 0 Å². The molecule has 2 aliphatic rings. The number of ether oxygens (including phenoxy) is 2. The fourth-order valence-electron chi connectivity index (χ4n) is 3.46. The number of carbonyl (C=O) groups excluding carboxylic acids is 1. The summed E-state index contributed by atoms with van der Waals surface area (Å²) in [5, 5.41) is 2.95. The van der Waals surface area contributed by atoms with Gasteiger partial charge in [-0.3, -0.25) is 9.69 Å². The molecule has 162 valence electrons. The number of hydrogen-bond donors (Lipinski definition) is 1. The third-order valence-corrected chi connectivity index (χ3v) is 6.68. The van der Waals surface area contributed by atoms with E-state index in [0.717, 1.165) is 6.42 Å². The van der Waals surface area contributed by atoms with Crippen LogP contribution in [0.25, 0.3) is 0 Å². The van der Waals surface area contributed by atoms with Crippen LogP contribution in [-0.4, -0.2) is 75.0 Å². The summed E-state index contributed by atoms with van der Waals surface area (Å²) in [6, 6.07) is 4.78. The van der Waals surface area contributed by atoms with E-state index in [2.05, 4.69) is 5.32 Å². The summed E-state index contributed by atoms with van der Waals surface area (Å²) in [6.07, 6.45) is 1.44. The molecule has 1 saturated heterocycles. The molecule has 2 aliphatic heterocycles. The second-order valence-electron chi connectivity index (χ2n) is 8.49. The smallest absolute Gasteiger partial charge is 0.243 e. The van der Waals surface area contributed by atoms with Crippen LogP contribution < -0.4 is 14.8 Å². The van der Waals surface area contributed by atoms with Crippen molar-refractivity contribution in [3.8, 4) is 11.5 Å². The number of nitrogens with zero attached hydrogens (tertiary/aromatic N) is 2. The Labute approximate surface area is 173 Å². The molecule has 1 aromatic carbocycles. The third kappa shape index (κ3) is 5.83. The van der Waals surface area contributed by atoms with Gasteiger partial charge in [-0.1, -0.05) is 0 Å². The maximum absolute atomic E-state index is 13.2. The Balaban J connectivity index is 1.66. The summed E-state index contributed by atoms with van der Waals surface area (Å²) in [7, 11) is -3.64. The van der Waals surface area contributed by atoms with Crippen LogP contribution in [0.1, 0.15) is 33.6 Å². The zero-order valence-electron chi connectivity index (χ0n) is 17.4. The van der Waals surface area contributed by atoms with Crippen LogP contribution in [0, 0.1) is 0 Å². The molecule has 1 fully saturated rings. The molecule has 9 heteroatoms. The molecule has 1 aromatic rings. The first-order chi connectivity index (χ1) is 13.6. The van der Waals surface area contributed by atoms with Crippen LogP contribution in [0.4, 0.5) is 0 Å². The van der Waals surface area contributed by atoms with E-state index in [-0.39, 0.29) is 22.9 Å². The molecule has 2 heterocycles. The van der Waals surface area contributed by atoms with E-state index in [1.165, 1.54) is 4.31 Å². The van der Waals surface area contributed by atoms with Crippen LogP contribution in [0.15, 0.2) is 23.1 Å². The normalized spacial score (nSPS) is 19.3. The monoisotopic (exact) mass is 425 g/mol. The van der Waals surface area contributed by atoms with Gasteiger partial charge in [-0.15, -0.1) is 0 Å². The van der Waals surface area contributed by atoms with E-state index in [0.29, 0.717) is 57.3 Å². The van der Waals surface area contributed by atoms with Crippen LogP contribution in [0.3, 0.4) is 0 Å². The Kier molecular flexibility index (Phi) is 6.70. The van der Waals surface area contributed by atoms with Gasteiger partial charge in [0.2, 0.25) is 15.9 Å². The Bertz CT molecular complexity index is 835. The van der Waals surface area contributed by atoms with Crippen molar-refractivity contribution in [2.45, 2.75) is 44.0 Å². The molecule has 0 atom stereocenters. The zero-order chi connectivity index (χ0) is 21.1. The first-order valence-electron chi connectivity index (χ1n) is 10.1. The summed E-state index contributed by atoms with van der Waals surface area (Å²) in [6.45, 7) is 9.13. The summed E-state index contributed by atoms with van der Waals surface area (Å²) in [5.41, 5.74) is -0.282. The first-order valence-corrected chi connectivity index (χ1v) is 11.5. The van der Waals surface area contributed by atoms with Crippen molar-refractivity contribution in [1.29, 1.82) is 0 Å². The van der Waals surface area contributed by atoms with Crippen molar-refractivity contribution in [1.82, 2.24) is 14.5 Å². The minimum absolute atomic E-state index is 0.0447. The Morgan fingerprint density at radius 2 is 1.76 bits per heavy atom. The molecule has 0 bridgehead atoms. The van der Waals surface area contributed by atoms with Gasteiger partial charge in [0.1, 0.15) is 0 Å². The van der Waals surface area contributed by atoms with Gasteiger partial charge in [-0.2, -0.15) is 4.31 Å². The number of amides is 1. The third-order valence-electron chi connectivity index (χ3n) is 4.79. The van der Waals surface area contributed by atoms with Gasteiger partial charge in [0.25, 0.3) is 0 Å². The summed E-state index contributed by atoms with van der Waals surface area (Å²) in [5.74, 6) is 1.00. The van der Waals surface area contributed by atoms with Crippen LogP contribution in [0.5, 0.6) is 11.5 Å². The molecular formula is C20H31N3O5S. The maximum Gasteiger partial charge on any atom is 0.243 e. The van der Waals surface area contributed by atoms with Gasteiger partial charge < -0.3 is 14.8 Å². The quantitative estimate of drug-likeness (QED) is 0.786. The molecule has 0 spiro atoms. The lowest BCUT2D eigenvalue weighted by atomic mass is 10.1. The lowest BCUT2D eigenvalue weighted by Gasteiger charge is -2.25. The molecule has 1 amide bonds. The highest BCUT2D eigenvalue weighted by Crippen LogP contribution is 2.33. The number of carbonyl (C=O) groups is 1. The second-order valence-corrected chi connectivity index (χ2v) is 10.4. The number of nitrogens with one attached hydrogen (secondary N) is 1. The van der Waals surface area contributed by atoms with Gasteiger partial charge >= 0.3 is 0 Å². The molecule has 0 radical (unpaired) electrons. The van der Waals surface area contributed by atoms with Crippen molar-refractivity contribution in [2.75, 3.05) is 45.9 Å². The molecule has 0 aliphatic carbocycles. The van der Waals surface area contributed by atoms with Gasteiger partial charge in [-0.05, 0) is 45.9 Å². The number of sulfonamides is 1. The van der Waals surface area contributed by atoms with Crippen molar-refractivity contribution in [2.24, 2.45) is 0 Å². The van der Waals surface area contributed by atoms with Crippen molar-refractivity contribution in [3.63, 3.8) is 0 Å². The fraction of sp³-hybridized carbons (Fsp3) is 0.650. The highest BCUT2D eigenvalue weighted by molar-refractivity contribution is 7.89. The van der Waals surface area contributed by atoms with Gasteiger partial charge in [0, 0.05) is 37.7 Å². The molecule has 8 nitrogen and oxygen atoms in total. The Hall–Kier alpha value is -1.84. The maximum atomic E-state index is 13.2. The highest BCUT2D eigenvalue weighted by Gasteiger charge is 2.29. The summed E-state index contributed by atoms with van der Waals surface area (Å²) >= 11 is 0. The van der Waals surface area contributed by atoms with E-state index in [9.17, 15) is 13.2 Å². The number of rotatable bonds is 4. The second kappa shape index (κ2) is 8.89. The fourth-order valence-corrected chi connectivity index (χ4v) is 4.95. The summed E-state index contributed by atoms with van der Waals surface area (Å²) in [4.78, 5) is 14.4. The highest BCUT2D eigenvalue weighted by atomic mass is 32.2. The molecule has 0 unspecified atom stereocenters. The van der Waals surface area contributed by atoms with Crippen LogP contribution in [-0.2, 0) is 14.8 Å². The average Bonchev–Trinajstić information content (AvgIpc) is 3.00. The lowest BCUT2D eigenvalue weighted by molar-refractivity contribution is -0.123. The largest absolute Gasteiger partial charge is 0.490 e. The van der Waals surface area contributed by atoms with Crippen molar-refractivity contribution >= 4 is 15.9 Å². The van der Waals surface area contributed by atoms with Crippen molar-refractivity contribution < 1.29 is 22.7 Å². The molecule has 3 rings (SSSR count). The van der Waals surface area contributed by atoms with Crippen LogP contribution >= 0.6 is 0 Å². The first kappa shape index (κ1) is 21.9. The van der Waals surface area contributed by atoms with Gasteiger partial charge in [0.05, 0.1) is 24.7 Å². The molecule has 1 N–H and O–H groups in total. The minimum Gasteiger partial charge on any atom is -0.490 e. The standard InChI is InChI=1S/C20H31N3O5S/c1-20(2,3)21-19(24)15-22-8-4-9-23(11-10-22)29(25,26)16-6-7-17-18(14-16)28-13-5-12-27-17/h6-7,14H,4-5,8-13,15H2,1-3H3,(H,21,24). The number of hydrogen-bond acceptors (Lipinski definition) is 6. The zero-order valence-corrected chi connectivity index (χ0v) is 18.3. The predicted octanol–water partition coefficient (Wildman–Crippen LogP) is 1.46. The molecular weight excluding hydrogens is 394 g/mol. The molecule has 29 heavy (non-hydrogen) atoms. The van der Waals surface area contributed by atoms with E-state index in [4.69, 9.17) is 9.47 Å². The lowest BCUT2D eigenvalue weighted by Crippen LogP contribution is -2.46. The van der Waals surface area contributed by atoms with Gasteiger partial charge in [-0.25, -0.2) is 8.42 Å². The molecule has 0 saturated carbocycles. The minimum atomic E-state index is -3.64. The van der Waals surface area contributed by atoms with Crippen molar-refractivity contribution in [3.05, 3.63) is 18.2 Å². The van der Waals surface area contributed by atoms with E-state index in [1.54, 1.807) is 18.2 Å². The predicted molar refractivity (Wildman–Crippen MR) is 110 cm³/mol. The van der Waals surface area contributed by atoms with Crippen LogP contribution in [0.2, 0.25) is 0 Å². The van der Waals surface area contributed by atoms with Gasteiger partial charge in [0.15, 0.2) is 11.5 Å². The SMILES string of the molecule is CC(C)(C)NC(=O)CN1CCCN(S(=O)(=O)c2ccc3c(c2)OCCCO3)CC1. The average molecular weight is 426 g/mol. The number of benzene rings is 1. The Morgan fingerprint density at radius 1 is 1.03 bits per heavy atom.